The Bertz CT molecular complexity index is 589. The molecule has 0 aliphatic rings. The second kappa shape index (κ2) is 5.51. The van der Waals surface area contributed by atoms with Crippen LogP contribution >= 0.6 is 11.8 Å². The van der Waals surface area contributed by atoms with Crippen molar-refractivity contribution in [2.24, 2.45) is 0 Å². The molecule has 18 heavy (non-hydrogen) atoms. The van der Waals surface area contributed by atoms with E-state index in [1.165, 1.54) is 11.8 Å². The molecule has 0 aliphatic carbocycles. The van der Waals surface area contributed by atoms with Crippen molar-refractivity contribution in [2.75, 3.05) is 12.9 Å². The van der Waals surface area contributed by atoms with Crippen LogP contribution in [0.3, 0.4) is 0 Å². The summed E-state index contributed by atoms with van der Waals surface area (Å²) in [6.07, 6.45) is 0. The number of methoxy groups -OCH3 is 1. The highest BCUT2D eigenvalue weighted by Gasteiger charge is 2.13. The molecule has 0 bridgehead atoms. The highest BCUT2D eigenvalue weighted by Crippen LogP contribution is 2.26. The van der Waals surface area contributed by atoms with E-state index in [4.69, 9.17) is 10.00 Å². The van der Waals surface area contributed by atoms with Gasteiger partial charge in [0.1, 0.15) is 11.4 Å². The Kier molecular flexibility index (Phi) is 3.79. The molecule has 0 radical (unpaired) electrons. The summed E-state index contributed by atoms with van der Waals surface area (Å²) in [6.45, 7) is 1.98. The number of nitriles is 1. The van der Waals surface area contributed by atoms with Gasteiger partial charge >= 0.3 is 0 Å². The van der Waals surface area contributed by atoms with E-state index in [0.29, 0.717) is 16.7 Å². The summed E-state index contributed by atoms with van der Waals surface area (Å²) in [6, 6.07) is 7.80. The van der Waals surface area contributed by atoms with Crippen LogP contribution in [0.15, 0.2) is 23.4 Å². The topological polar surface area (TPSA) is 76.6 Å². The lowest BCUT2D eigenvalue weighted by Gasteiger charge is -2.09. The second-order valence-corrected chi connectivity index (χ2v) is 4.44. The molecule has 0 spiro atoms. The minimum absolute atomic E-state index is 0.300. The number of nitrogens with zero attached hydrogens (tertiary/aromatic N) is 5. The zero-order chi connectivity index (χ0) is 13.0. The third kappa shape index (κ3) is 2.43. The van der Waals surface area contributed by atoms with E-state index in [-0.39, 0.29) is 0 Å². The van der Waals surface area contributed by atoms with Gasteiger partial charge < -0.3 is 4.74 Å². The summed E-state index contributed by atoms with van der Waals surface area (Å²) < 4.78 is 6.87. The second-order valence-electron chi connectivity index (χ2n) is 3.50. The maximum absolute atomic E-state index is 8.60. The van der Waals surface area contributed by atoms with E-state index < -0.39 is 0 Å². The zero-order valence-electron chi connectivity index (χ0n) is 9.99. The van der Waals surface area contributed by atoms with Crippen molar-refractivity contribution in [1.82, 2.24) is 20.2 Å². The standard InChI is InChI=1S/C11H11N5OS/c1-8-3-4-10(17-2)9(7-8)16-11(13-14-15-16)18-6-5-12/h3-4,7H,6H2,1-2H3. The molecule has 0 saturated heterocycles. The summed E-state index contributed by atoms with van der Waals surface area (Å²) in [7, 11) is 1.60. The highest BCUT2D eigenvalue weighted by molar-refractivity contribution is 7.99. The van der Waals surface area contributed by atoms with Crippen LogP contribution in [-0.4, -0.2) is 33.1 Å². The Hall–Kier alpha value is -2.07. The van der Waals surface area contributed by atoms with Crippen LogP contribution in [0.5, 0.6) is 5.75 Å². The molecule has 1 aromatic heterocycles. The molecule has 1 aromatic carbocycles. The van der Waals surface area contributed by atoms with E-state index in [1.54, 1.807) is 11.8 Å². The maximum Gasteiger partial charge on any atom is 0.215 e. The van der Waals surface area contributed by atoms with E-state index >= 15 is 0 Å². The first-order chi connectivity index (χ1) is 8.76. The van der Waals surface area contributed by atoms with Gasteiger partial charge in [-0.15, -0.1) is 5.10 Å². The molecule has 1 heterocycles. The SMILES string of the molecule is COc1ccc(C)cc1-n1nnnc1SCC#N. The number of aryl methyl sites for hydroxylation is 1. The minimum atomic E-state index is 0.300. The van der Waals surface area contributed by atoms with Gasteiger partial charge in [-0.05, 0) is 35.0 Å². The minimum Gasteiger partial charge on any atom is -0.494 e. The van der Waals surface area contributed by atoms with Gasteiger partial charge in [0.2, 0.25) is 5.16 Å². The van der Waals surface area contributed by atoms with Crippen LogP contribution in [-0.2, 0) is 0 Å². The number of benzene rings is 1. The summed E-state index contributed by atoms with van der Waals surface area (Å²) in [5.74, 6) is 0.987. The van der Waals surface area contributed by atoms with Crippen molar-refractivity contribution in [1.29, 1.82) is 5.26 Å². The third-order valence-corrected chi connectivity index (χ3v) is 3.06. The first kappa shape index (κ1) is 12.4. The number of tetrazole rings is 1. The number of rotatable bonds is 4. The number of thioether (sulfide) groups is 1. The van der Waals surface area contributed by atoms with Crippen molar-refractivity contribution >= 4 is 11.8 Å². The molecular weight excluding hydrogens is 250 g/mol. The molecule has 0 amide bonds. The lowest BCUT2D eigenvalue weighted by molar-refractivity contribution is 0.410. The molecule has 0 unspecified atom stereocenters. The summed E-state index contributed by atoms with van der Waals surface area (Å²) in [5.41, 5.74) is 1.85. The third-order valence-electron chi connectivity index (χ3n) is 2.27. The monoisotopic (exact) mass is 261 g/mol. The van der Waals surface area contributed by atoms with Crippen LogP contribution in [0.2, 0.25) is 0 Å². The van der Waals surface area contributed by atoms with Gasteiger partial charge in [0.15, 0.2) is 0 Å². The molecule has 2 aromatic rings. The van der Waals surface area contributed by atoms with Gasteiger partial charge in [0.25, 0.3) is 0 Å². The van der Waals surface area contributed by atoms with E-state index in [1.807, 2.05) is 31.2 Å². The van der Waals surface area contributed by atoms with Crippen molar-refractivity contribution in [3.8, 4) is 17.5 Å². The van der Waals surface area contributed by atoms with Crippen molar-refractivity contribution in [2.45, 2.75) is 12.1 Å². The molecule has 7 heteroatoms. The van der Waals surface area contributed by atoms with Crippen LogP contribution in [0.4, 0.5) is 0 Å². The lowest BCUT2D eigenvalue weighted by atomic mass is 10.2. The van der Waals surface area contributed by atoms with Gasteiger partial charge in [-0.25, -0.2) is 0 Å². The fourth-order valence-corrected chi connectivity index (χ4v) is 2.03. The Balaban J connectivity index is 2.45. The molecule has 0 saturated carbocycles. The van der Waals surface area contributed by atoms with Gasteiger partial charge in [-0.1, -0.05) is 17.8 Å². The Morgan fingerprint density at radius 1 is 1.50 bits per heavy atom. The van der Waals surface area contributed by atoms with Crippen molar-refractivity contribution in [3.63, 3.8) is 0 Å². The van der Waals surface area contributed by atoms with E-state index in [0.717, 1.165) is 11.3 Å². The highest BCUT2D eigenvalue weighted by atomic mass is 32.2. The molecule has 2 rings (SSSR count). The van der Waals surface area contributed by atoms with Crippen LogP contribution in [0, 0.1) is 18.3 Å². The summed E-state index contributed by atoms with van der Waals surface area (Å²) in [4.78, 5) is 0. The predicted octanol–water partition coefficient (Wildman–Crippen LogP) is 1.59. The average molecular weight is 261 g/mol. The van der Waals surface area contributed by atoms with Crippen LogP contribution in [0.25, 0.3) is 5.69 Å². The average Bonchev–Trinajstić information content (AvgIpc) is 2.84. The van der Waals surface area contributed by atoms with Crippen molar-refractivity contribution < 1.29 is 4.74 Å². The molecule has 0 fully saturated rings. The summed E-state index contributed by atoms with van der Waals surface area (Å²) >= 11 is 1.28. The zero-order valence-corrected chi connectivity index (χ0v) is 10.8. The van der Waals surface area contributed by atoms with Crippen LogP contribution in [0.1, 0.15) is 5.56 Å². The molecule has 6 nitrogen and oxygen atoms in total. The predicted molar refractivity (Wildman–Crippen MR) is 66.8 cm³/mol. The van der Waals surface area contributed by atoms with Gasteiger partial charge in [0, 0.05) is 0 Å². The quantitative estimate of drug-likeness (QED) is 0.778. The molecular formula is C11H11N5OS. The number of hydrogen-bond donors (Lipinski definition) is 0. The first-order valence-electron chi connectivity index (χ1n) is 5.19. The van der Waals surface area contributed by atoms with Gasteiger partial charge in [-0.2, -0.15) is 9.94 Å². The molecule has 0 N–H and O–H groups in total. The first-order valence-corrected chi connectivity index (χ1v) is 6.18. The normalized spacial score (nSPS) is 10.1. The molecule has 0 atom stereocenters. The lowest BCUT2D eigenvalue weighted by Crippen LogP contribution is -2.02. The maximum atomic E-state index is 8.60. The smallest absolute Gasteiger partial charge is 0.215 e. The van der Waals surface area contributed by atoms with Crippen LogP contribution < -0.4 is 4.74 Å². The van der Waals surface area contributed by atoms with Gasteiger partial charge in [0.05, 0.1) is 18.9 Å². The Morgan fingerprint density at radius 3 is 3.06 bits per heavy atom. The fourth-order valence-electron chi connectivity index (χ4n) is 1.48. The molecule has 92 valence electrons. The fraction of sp³-hybridized carbons (Fsp3) is 0.273. The van der Waals surface area contributed by atoms with Crippen molar-refractivity contribution in [3.05, 3.63) is 23.8 Å². The largest absolute Gasteiger partial charge is 0.494 e. The van der Waals surface area contributed by atoms with Gasteiger partial charge in [-0.3, -0.25) is 0 Å². The van der Waals surface area contributed by atoms with E-state index in [2.05, 4.69) is 15.5 Å². The number of ether oxygens (including phenoxy) is 1. The number of aromatic nitrogens is 4. The molecule has 0 aliphatic heterocycles. The summed E-state index contributed by atoms with van der Waals surface area (Å²) in [5, 5.41) is 20.6. The Morgan fingerprint density at radius 2 is 2.33 bits per heavy atom. The van der Waals surface area contributed by atoms with E-state index in [9.17, 15) is 0 Å². The Labute approximate surface area is 109 Å². The number of hydrogen-bond acceptors (Lipinski definition) is 6.